The maximum atomic E-state index is 11.6. The number of benzene rings is 1. The number of ether oxygens (including phenoxy) is 1. The average molecular weight is 529 g/mol. The molecule has 0 atom stereocenters. The number of nitrogens with one attached hydrogen (secondary N) is 2. The smallest absolute Gasteiger partial charge is 0.220 e. The Morgan fingerprint density at radius 1 is 1.13 bits per heavy atom. The van der Waals surface area contributed by atoms with E-state index in [4.69, 9.17) is 4.74 Å². The van der Waals surface area contributed by atoms with Crippen LogP contribution in [-0.2, 0) is 22.6 Å². The molecule has 2 aliphatic heterocycles. The van der Waals surface area contributed by atoms with Crippen LogP contribution in [0, 0.1) is 5.92 Å². The summed E-state index contributed by atoms with van der Waals surface area (Å²) in [6.45, 7) is 7.25. The Morgan fingerprint density at radius 2 is 1.80 bits per heavy atom. The standard InChI is InChI=1S/C22H35N5O2.HI/c1-23-21(28)15-18-7-9-27(10-8-18)22(24-2)25-16-19-5-3-4-6-20(19)17-26-11-13-29-14-12-26;/h3-6,18H,7-17H2,1-2H3,(H,23,28)(H,24,25);1H. The first-order valence-corrected chi connectivity index (χ1v) is 10.7. The number of hydrogen-bond donors (Lipinski definition) is 2. The fourth-order valence-electron chi connectivity index (χ4n) is 4.10. The molecular formula is C22H36IN5O2. The van der Waals surface area contributed by atoms with Gasteiger partial charge in [0.15, 0.2) is 5.96 Å². The lowest BCUT2D eigenvalue weighted by Gasteiger charge is -2.34. The minimum atomic E-state index is 0. The summed E-state index contributed by atoms with van der Waals surface area (Å²) in [5, 5.41) is 6.28. The molecule has 0 unspecified atom stereocenters. The number of carbonyl (C=O) groups is 1. The van der Waals surface area contributed by atoms with E-state index in [0.717, 1.165) is 71.3 Å². The van der Waals surface area contributed by atoms with Gasteiger partial charge in [0.2, 0.25) is 5.91 Å². The molecule has 30 heavy (non-hydrogen) atoms. The number of rotatable bonds is 6. The van der Waals surface area contributed by atoms with E-state index in [9.17, 15) is 4.79 Å². The van der Waals surface area contributed by atoms with Crippen LogP contribution in [0.25, 0.3) is 0 Å². The molecule has 2 aliphatic rings. The van der Waals surface area contributed by atoms with Gasteiger partial charge < -0.3 is 20.3 Å². The third kappa shape index (κ3) is 7.39. The zero-order valence-corrected chi connectivity index (χ0v) is 20.6. The number of morpholine rings is 1. The van der Waals surface area contributed by atoms with Crippen LogP contribution in [0.3, 0.4) is 0 Å². The monoisotopic (exact) mass is 529 g/mol. The first-order chi connectivity index (χ1) is 14.2. The highest BCUT2D eigenvalue weighted by molar-refractivity contribution is 14.0. The summed E-state index contributed by atoms with van der Waals surface area (Å²) >= 11 is 0. The van der Waals surface area contributed by atoms with Crippen molar-refractivity contribution < 1.29 is 9.53 Å². The highest BCUT2D eigenvalue weighted by Gasteiger charge is 2.23. The van der Waals surface area contributed by atoms with Crippen molar-refractivity contribution in [1.29, 1.82) is 0 Å². The van der Waals surface area contributed by atoms with Crippen molar-refractivity contribution >= 4 is 35.8 Å². The van der Waals surface area contributed by atoms with Crippen molar-refractivity contribution in [2.75, 3.05) is 53.5 Å². The minimum Gasteiger partial charge on any atom is -0.379 e. The first-order valence-electron chi connectivity index (χ1n) is 10.7. The van der Waals surface area contributed by atoms with Crippen molar-refractivity contribution in [2.24, 2.45) is 10.9 Å². The van der Waals surface area contributed by atoms with E-state index in [1.54, 1.807) is 7.05 Å². The Morgan fingerprint density at radius 3 is 2.43 bits per heavy atom. The van der Waals surface area contributed by atoms with Gasteiger partial charge >= 0.3 is 0 Å². The Hall–Kier alpha value is -1.39. The molecule has 1 aromatic carbocycles. The lowest BCUT2D eigenvalue weighted by atomic mass is 9.93. The highest BCUT2D eigenvalue weighted by Crippen LogP contribution is 2.20. The normalized spacial score (nSPS) is 18.6. The molecule has 2 heterocycles. The van der Waals surface area contributed by atoms with Crippen molar-refractivity contribution in [3.8, 4) is 0 Å². The van der Waals surface area contributed by atoms with Gasteiger partial charge in [-0.25, -0.2) is 0 Å². The van der Waals surface area contributed by atoms with Crippen LogP contribution in [0.15, 0.2) is 29.3 Å². The number of aliphatic imine (C=N–C) groups is 1. The first kappa shape index (κ1) is 24.9. The van der Waals surface area contributed by atoms with Gasteiger partial charge in [-0.2, -0.15) is 0 Å². The number of amides is 1. The number of nitrogens with zero attached hydrogens (tertiary/aromatic N) is 3. The molecule has 0 aliphatic carbocycles. The number of halogens is 1. The maximum Gasteiger partial charge on any atom is 0.220 e. The average Bonchev–Trinajstić information content (AvgIpc) is 2.77. The highest BCUT2D eigenvalue weighted by atomic mass is 127. The van der Waals surface area contributed by atoms with Crippen LogP contribution < -0.4 is 10.6 Å². The van der Waals surface area contributed by atoms with Gasteiger partial charge in [0.1, 0.15) is 0 Å². The van der Waals surface area contributed by atoms with Crippen LogP contribution in [0.2, 0.25) is 0 Å². The molecule has 0 spiro atoms. The Kier molecular flexibility index (Phi) is 10.9. The van der Waals surface area contributed by atoms with Gasteiger partial charge in [-0.3, -0.25) is 14.7 Å². The van der Waals surface area contributed by atoms with Gasteiger partial charge in [-0.05, 0) is 29.9 Å². The predicted octanol–water partition coefficient (Wildman–Crippen LogP) is 2.06. The molecule has 3 rings (SSSR count). The van der Waals surface area contributed by atoms with Crippen LogP contribution >= 0.6 is 24.0 Å². The van der Waals surface area contributed by atoms with Crippen LogP contribution in [0.1, 0.15) is 30.4 Å². The molecule has 168 valence electrons. The topological polar surface area (TPSA) is 69.2 Å². The van der Waals surface area contributed by atoms with E-state index in [1.807, 2.05) is 7.05 Å². The second-order valence-electron chi connectivity index (χ2n) is 7.87. The van der Waals surface area contributed by atoms with E-state index in [2.05, 4.69) is 49.7 Å². The maximum absolute atomic E-state index is 11.6. The van der Waals surface area contributed by atoms with Crippen LogP contribution in [-0.4, -0.2) is 75.2 Å². The largest absolute Gasteiger partial charge is 0.379 e. The molecule has 2 fully saturated rings. The molecule has 0 aromatic heterocycles. The van der Waals surface area contributed by atoms with E-state index in [1.165, 1.54) is 11.1 Å². The molecule has 0 saturated carbocycles. The summed E-state index contributed by atoms with van der Waals surface area (Å²) in [5.74, 6) is 1.56. The van der Waals surface area contributed by atoms with Gasteiger partial charge in [-0.1, -0.05) is 24.3 Å². The number of piperidine rings is 1. The Labute approximate surface area is 197 Å². The van der Waals surface area contributed by atoms with Gasteiger partial charge in [0, 0.05) is 59.8 Å². The lowest BCUT2D eigenvalue weighted by Crippen LogP contribution is -2.45. The van der Waals surface area contributed by atoms with Crippen molar-refractivity contribution in [3.05, 3.63) is 35.4 Å². The lowest BCUT2D eigenvalue weighted by molar-refractivity contribution is -0.121. The third-order valence-corrected chi connectivity index (χ3v) is 5.93. The van der Waals surface area contributed by atoms with Gasteiger partial charge in [0.05, 0.1) is 13.2 Å². The molecular weight excluding hydrogens is 493 g/mol. The van der Waals surface area contributed by atoms with Gasteiger partial charge in [-0.15, -0.1) is 24.0 Å². The molecule has 2 saturated heterocycles. The second-order valence-corrected chi connectivity index (χ2v) is 7.87. The fraction of sp³-hybridized carbons (Fsp3) is 0.636. The summed E-state index contributed by atoms with van der Waals surface area (Å²) in [6, 6.07) is 8.64. The van der Waals surface area contributed by atoms with E-state index >= 15 is 0 Å². The summed E-state index contributed by atoms with van der Waals surface area (Å²) in [4.78, 5) is 20.9. The van der Waals surface area contributed by atoms with Crippen molar-refractivity contribution in [3.63, 3.8) is 0 Å². The zero-order chi connectivity index (χ0) is 20.5. The molecule has 1 amide bonds. The summed E-state index contributed by atoms with van der Waals surface area (Å²) in [6.07, 6.45) is 2.69. The SMILES string of the molecule is CN=C(NCc1ccccc1CN1CCOCC1)N1CCC(CC(=O)NC)CC1.I. The minimum absolute atomic E-state index is 0. The molecule has 0 radical (unpaired) electrons. The quantitative estimate of drug-likeness (QED) is 0.336. The van der Waals surface area contributed by atoms with E-state index < -0.39 is 0 Å². The van der Waals surface area contributed by atoms with Crippen LogP contribution in [0.4, 0.5) is 0 Å². The zero-order valence-electron chi connectivity index (χ0n) is 18.2. The van der Waals surface area contributed by atoms with E-state index in [-0.39, 0.29) is 29.9 Å². The summed E-state index contributed by atoms with van der Waals surface area (Å²) in [7, 11) is 3.55. The Bertz CT molecular complexity index is 686. The summed E-state index contributed by atoms with van der Waals surface area (Å²) < 4.78 is 5.47. The second kappa shape index (κ2) is 13.1. The number of hydrogen-bond acceptors (Lipinski definition) is 4. The summed E-state index contributed by atoms with van der Waals surface area (Å²) in [5.41, 5.74) is 2.68. The van der Waals surface area contributed by atoms with Gasteiger partial charge in [0.25, 0.3) is 0 Å². The molecule has 1 aromatic rings. The number of carbonyl (C=O) groups excluding carboxylic acids is 1. The Balaban J connectivity index is 0.00000320. The molecule has 7 nitrogen and oxygen atoms in total. The number of likely N-dealkylation sites (tertiary alicyclic amines) is 1. The number of guanidine groups is 1. The van der Waals surface area contributed by atoms with Crippen molar-refractivity contribution in [1.82, 2.24) is 20.4 Å². The fourth-order valence-corrected chi connectivity index (χ4v) is 4.10. The van der Waals surface area contributed by atoms with Crippen LogP contribution in [0.5, 0.6) is 0 Å². The van der Waals surface area contributed by atoms with Crippen molar-refractivity contribution in [2.45, 2.75) is 32.4 Å². The molecule has 8 heteroatoms. The predicted molar refractivity (Wildman–Crippen MR) is 131 cm³/mol. The molecule has 0 bridgehead atoms. The third-order valence-electron chi connectivity index (χ3n) is 5.93. The molecule has 2 N–H and O–H groups in total. The van der Waals surface area contributed by atoms with E-state index in [0.29, 0.717) is 12.3 Å².